The number of nitrogens with zero attached hydrogens (tertiary/aromatic N) is 1. The van der Waals surface area contributed by atoms with Crippen LogP contribution in [0.3, 0.4) is 0 Å². The monoisotopic (exact) mass is 188 g/mol. The van der Waals surface area contributed by atoms with Crippen LogP contribution in [0.4, 0.5) is 0 Å². The molecule has 0 unspecified atom stereocenters. The topological polar surface area (TPSA) is 32.3 Å². The van der Waals surface area contributed by atoms with Crippen molar-refractivity contribution < 1.29 is 4.79 Å². The van der Waals surface area contributed by atoms with Crippen molar-refractivity contribution in [1.29, 1.82) is 0 Å². The van der Waals surface area contributed by atoms with Crippen molar-refractivity contribution in [3.8, 4) is 0 Å². The van der Waals surface area contributed by atoms with Crippen molar-refractivity contribution in [3.63, 3.8) is 0 Å². The van der Waals surface area contributed by atoms with E-state index in [1.165, 1.54) is 0 Å². The summed E-state index contributed by atoms with van der Waals surface area (Å²) in [5, 5.41) is 2.75. The summed E-state index contributed by atoms with van der Waals surface area (Å²) in [6.45, 7) is 2.84. The van der Waals surface area contributed by atoms with E-state index in [-0.39, 0.29) is 11.3 Å². The molecule has 1 rings (SSSR count). The molecule has 1 saturated heterocycles. The Labute approximate surface area is 77.4 Å². The second-order valence-electron chi connectivity index (χ2n) is 2.73. The minimum Gasteiger partial charge on any atom is -0.375 e. The molecule has 0 radical (unpaired) electrons. The minimum atomic E-state index is -0.268. The summed E-state index contributed by atoms with van der Waals surface area (Å²) in [7, 11) is 1.84. The van der Waals surface area contributed by atoms with Crippen molar-refractivity contribution >= 4 is 16.8 Å². The molecule has 1 aliphatic heterocycles. The van der Waals surface area contributed by atoms with Crippen LogP contribution in [0.1, 0.15) is 13.3 Å². The average Bonchev–Trinajstić information content (AvgIpc) is 1.96. The van der Waals surface area contributed by atoms with Gasteiger partial charge in [0.15, 0.2) is 0 Å². The maximum Gasteiger partial charge on any atom is 0.244 e. The number of carbonyl (C=O) groups is 1. The molecule has 0 saturated carbocycles. The summed E-state index contributed by atoms with van der Waals surface area (Å²) in [5.41, 5.74) is 0. The van der Waals surface area contributed by atoms with Gasteiger partial charge in [-0.3, -0.25) is 4.79 Å². The van der Waals surface area contributed by atoms with Crippen molar-refractivity contribution in [2.24, 2.45) is 0 Å². The highest BCUT2D eigenvalue weighted by molar-refractivity contribution is 6.64. The Morgan fingerprint density at radius 2 is 2.42 bits per heavy atom. The molecule has 0 bridgehead atoms. The molecule has 4 heteroatoms. The normalized spacial score (nSPS) is 23.4. The lowest BCUT2D eigenvalue weighted by Crippen LogP contribution is -2.52. The van der Waals surface area contributed by atoms with Crippen LogP contribution in [0.25, 0.3) is 0 Å². The molecule has 0 aromatic rings. The molecule has 3 nitrogen and oxygen atoms in total. The molecule has 1 fully saturated rings. The zero-order valence-electron chi connectivity index (χ0n) is 7.30. The molecule has 1 aliphatic rings. The number of rotatable bonds is 3. The Bertz CT molecular complexity index is 215. The molecule has 1 N–H and O–H groups in total. The lowest BCUT2D eigenvalue weighted by molar-refractivity contribution is -0.119. The Kier molecular flexibility index (Phi) is 2.98. The van der Waals surface area contributed by atoms with Crippen LogP contribution in [0.2, 0.25) is 0 Å². The lowest BCUT2D eigenvalue weighted by atomic mass is 10.1. The zero-order valence-corrected chi connectivity index (χ0v) is 8.06. The number of carbonyl (C=O) groups excluding carboxylic acids is 1. The lowest BCUT2D eigenvalue weighted by Gasteiger charge is -2.41. The summed E-state index contributed by atoms with van der Waals surface area (Å²) in [6.07, 6.45) is 2.80. The van der Waals surface area contributed by atoms with E-state index in [1.807, 2.05) is 24.9 Å². The first-order chi connectivity index (χ1) is 5.70. The zero-order chi connectivity index (χ0) is 9.14. The summed E-state index contributed by atoms with van der Waals surface area (Å²) in [6, 6.07) is -0.120. The first-order valence-corrected chi connectivity index (χ1v) is 4.38. The third kappa shape index (κ3) is 1.55. The number of allylic oxidation sites excluding steroid dienone is 1. The fourth-order valence-corrected chi connectivity index (χ4v) is 1.59. The number of nitrogens with one attached hydrogen (secondary N) is 1. The molecule has 0 spiro atoms. The van der Waals surface area contributed by atoms with E-state index in [0.717, 1.165) is 18.8 Å². The van der Waals surface area contributed by atoms with Crippen LogP contribution in [0.15, 0.2) is 11.9 Å². The Morgan fingerprint density at radius 3 is 2.67 bits per heavy atom. The standard InChI is InChI=1S/C8H13ClN2O/c1-3-7(10-2)11-5-4-6(11)8(9)12/h3,6,10H,4-5H2,1-2H3/b7-3+/t6-/m0/s1. The Hall–Kier alpha value is -0.700. The van der Waals surface area contributed by atoms with Gasteiger partial charge < -0.3 is 10.2 Å². The highest BCUT2D eigenvalue weighted by Gasteiger charge is 2.33. The second-order valence-corrected chi connectivity index (χ2v) is 3.10. The van der Waals surface area contributed by atoms with Gasteiger partial charge in [-0.05, 0) is 31.0 Å². The van der Waals surface area contributed by atoms with Gasteiger partial charge >= 0.3 is 0 Å². The Balaban J connectivity index is 2.59. The maximum atomic E-state index is 10.8. The molecular weight excluding hydrogens is 176 g/mol. The summed E-state index contributed by atoms with van der Waals surface area (Å²) in [4.78, 5) is 12.8. The van der Waals surface area contributed by atoms with Crippen LogP contribution < -0.4 is 5.32 Å². The molecule has 0 amide bonds. The molecular formula is C8H13ClN2O. The van der Waals surface area contributed by atoms with Gasteiger partial charge in [0.2, 0.25) is 5.24 Å². The second kappa shape index (κ2) is 3.81. The third-order valence-electron chi connectivity index (χ3n) is 2.12. The largest absolute Gasteiger partial charge is 0.375 e. The van der Waals surface area contributed by atoms with Gasteiger partial charge in [0, 0.05) is 13.6 Å². The molecule has 68 valence electrons. The highest BCUT2D eigenvalue weighted by Crippen LogP contribution is 2.23. The van der Waals surface area contributed by atoms with Crippen molar-refractivity contribution in [1.82, 2.24) is 10.2 Å². The van der Waals surface area contributed by atoms with E-state index in [4.69, 9.17) is 11.6 Å². The number of hydrogen-bond acceptors (Lipinski definition) is 3. The smallest absolute Gasteiger partial charge is 0.244 e. The van der Waals surface area contributed by atoms with Gasteiger partial charge in [-0.25, -0.2) is 0 Å². The predicted molar refractivity (Wildman–Crippen MR) is 48.8 cm³/mol. The number of likely N-dealkylation sites (tertiary alicyclic amines) is 1. The van der Waals surface area contributed by atoms with Crippen molar-refractivity contribution in [2.75, 3.05) is 13.6 Å². The summed E-state index contributed by atoms with van der Waals surface area (Å²) >= 11 is 5.40. The van der Waals surface area contributed by atoms with E-state index >= 15 is 0 Å². The van der Waals surface area contributed by atoms with Crippen LogP contribution >= 0.6 is 11.6 Å². The van der Waals surface area contributed by atoms with Crippen LogP contribution in [0, 0.1) is 0 Å². The molecule has 0 aromatic heterocycles. The van der Waals surface area contributed by atoms with E-state index < -0.39 is 0 Å². The fourth-order valence-electron chi connectivity index (χ4n) is 1.37. The summed E-state index contributed by atoms with van der Waals surface area (Å²) in [5.74, 6) is 0.972. The minimum absolute atomic E-state index is 0.120. The first-order valence-electron chi connectivity index (χ1n) is 4.00. The molecule has 0 aliphatic carbocycles. The van der Waals surface area contributed by atoms with Gasteiger partial charge in [0.1, 0.15) is 6.04 Å². The maximum absolute atomic E-state index is 10.8. The van der Waals surface area contributed by atoms with E-state index in [1.54, 1.807) is 0 Å². The quantitative estimate of drug-likeness (QED) is 0.669. The van der Waals surface area contributed by atoms with Crippen LogP contribution in [-0.2, 0) is 4.79 Å². The molecule has 1 heterocycles. The average molecular weight is 189 g/mol. The fraction of sp³-hybridized carbons (Fsp3) is 0.625. The van der Waals surface area contributed by atoms with Gasteiger partial charge in [0.05, 0.1) is 5.82 Å². The van der Waals surface area contributed by atoms with Crippen LogP contribution in [-0.4, -0.2) is 29.8 Å². The van der Waals surface area contributed by atoms with Gasteiger partial charge in [-0.15, -0.1) is 0 Å². The molecule has 0 aromatic carbocycles. The number of hydrogen-bond donors (Lipinski definition) is 1. The van der Waals surface area contributed by atoms with Gasteiger partial charge in [0.25, 0.3) is 0 Å². The van der Waals surface area contributed by atoms with E-state index in [9.17, 15) is 4.79 Å². The summed E-state index contributed by atoms with van der Waals surface area (Å²) < 4.78 is 0. The van der Waals surface area contributed by atoms with Gasteiger partial charge in [-0.2, -0.15) is 0 Å². The van der Waals surface area contributed by atoms with Gasteiger partial charge in [-0.1, -0.05) is 0 Å². The third-order valence-corrected chi connectivity index (χ3v) is 2.37. The van der Waals surface area contributed by atoms with E-state index in [2.05, 4.69) is 5.32 Å². The highest BCUT2D eigenvalue weighted by atomic mass is 35.5. The molecule has 1 atom stereocenters. The van der Waals surface area contributed by atoms with Crippen LogP contribution in [0.5, 0.6) is 0 Å². The van der Waals surface area contributed by atoms with E-state index in [0.29, 0.717) is 0 Å². The predicted octanol–water partition coefficient (Wildman–Crippen LogP) is 0.907. The number of halogens is 1. The Morgan fingerprint density at radius 1 is 1.75 bits per heavy atom. The van der Waals surface area contributed by atoms with Crippen molar-refractivity contribution in [3.05, 3.63) is 11.9 Å². The first kappa shape index (κ1) is 9.39. The van der Waals surface area contributed by atoms with Crippen molar-refractivity contribution in [2.45, 2.75) is 19.4 Å². The molecule has 12 heavy (non-hydrogen) atoms. The SMILES string of the molecule is C/C=C(\NC)N1CC[C@H]1C(=O)Cl.